The molecule has 1 fully saturated rings. The molecule has 2 rings (SSSR count). The quantitative estimate of drug-likeness (QED) is 0.622. The molecule has 1 heterocycles. The maximum Gasteiger partial charge on any atom is 0.320 e. The Morgan fingerprint density at radius 1 is 0.688 bits per heavy atom. The van der Waals surface area contributed by atoms with E-state index in [1.165, 1.54) is 5.56 Å². The van der Waals surface area contributed by atoms with Crippen molar-refractivity contribution in [1.29, 1.82) is 0 Å². The number of carbonyl (C=O) groups is 2. The first-order valence-electron chi connectivity index (χ1n) is 11.5. The van der Waals surface area contributed by atoms with Crippen molar-refractivity contribution in [3.63, 3.8) is 0 Å². The normalized spacial score (nSPS) is 17.8. The van der Waals surface area contributed by atoms with Crippen molar-refractivity contribution in [3.8, 4) is 0 Å². The highest BCUT2D eigenvalue weighted by Crippen LogP contribution is 2.11. The number of ether oxygens (including phenoxy) is 2. The van der Waals surface area contributed by atoms with Crippen LogP contribution in [0.4, 0.5) is 0 Å². The van der Waals surface area contributed by atoms with Crippen LogP contribution in [0.25, 0.3) is 0 Å². The minimum Gasteiger partial charge on any atom is -0.459 e. The fourth-order valence-electron chi connectivity index (χ4n) is 3.61. The summed E-state index contributed by atoms with van der Waals surface area (Å²) in [6.07, 6.45) is 0. The third kappa shape index (κ3) is 11.1. The monoisotopic (exact) mass is 447 g/mol. The molecule has 0 bridgehead atoms. The number of esters is 2. The molecule has 0 aliphatic carbocycles. The van der Waals surface area contributed by atoms with Gasteiger partial charge in [0.15, 0.2) is 0 Å². The minimum absolute atomic E-state index is 0.218. The minimum atomic E-state index is -0.501. The Kier molecular flexibility index (Phi) is 9.67. The van der Waals surface area contributed by atoms with Crippen molar-refractivity contribution in [2.75, 3.05) is 52.4 Å². The zero-order valence-corrected chi connectivity index (χ0v) is 20.7. The van der Waals surface area contributed by atoms with Gasteiger partial charge in [0.25, 0.3) is 0 Å². The molecule has 1 saturated heterocycles. The Morgan fingerprint density at radius 2 is 1.06 bits per heavy atom. The summed E-state index contributed by atoms with van der Waals surface area (Å²) in [5.74, 6) is -0.435. The van der Waals surface area contributed by atoms with Gasteiger partial charge in [-0.05, 0) is 47.1 Å². The smallest absolute Gasteiger partial charge is 0.320 e. The van der Waals surface area contributed by atoms with E-state index < -0.39 is 11.2 Å². The number of nitrogens with zero attached hydrogens (tertiary/aromatic N) is 3. The van der Waals surface area contributed by atoms with Crippen molar-refractivity contribution in [2.45, 2.75) is 59.3 Å². The van der Waals surface area contributed by atoms with E-state index >= 15 is 0 Å². The van der Waals surface area contributed by atoms with E-state index in [2.05, 4.69) is 39.0 Å². The summed E-state index contributed by atoms with van der Waals surface area (Å²) in [4.78, 5) is 31.5. The van der Waals surface area contributed by atoms with Crippen molar-refractivity contribution >= 4 is 11.9 Å². The Hall–Kier alpha value is -1.96. The molecule has 1 aromatic rings. The predicted molar refractivity (Wildman–Crippen MR) is 126 cm³/mol. The summed E-state index contributed by atoms with van der Waals surface area (Å²) < 4.78 is 11.1. The van der Waals surface area contributed by atoms with Gasteiger partial charge in [0.1, 0.15) is 11.2 Å². The topological polar surface area (TPSA) is 62.3 Å². The summed E-state index contributed by atoms with van der Waals surface area (Å²) in [5, 5.41) is 0. The van der Waals surface area contributed by atoms with Gasteiger partial charge < -0.3 is 9.47 Å². The number of carbonyl (C=O) groups excluding carboxylic acids is 2. The van der Waals surface area contributed by atoms with Crippen molar-refractivity contribution in [3.05, 3.63) is 35.9 Å². The van der Waals surface area contributed by atoms with Crippen LogP contribution in [-0.4, -0.2) is 90.2 Å². The van der Waals surface area contributed by atoms with Gasteiger partial charge in [-0.1, -0.05) is 30.3 Å². The Balaban J connectivity index is 2.06. The van der Waals surface area contributed by atoms with Gasteiger partial charge in [0.2, 0.25) is 0 Å². The fraction of sp³-hybridized carbons (Fsp3) is 0.680. The molecule has 0 atom stereocenters. The number of hydrogen-bond donors (Lipinski definition) is 0. The maximum atomic E-state index is 12.4. The zero-order chi connectivity index (χ0) is 23.8. The van der Waals surface area contributed by atoms with Crippen molar-refractivity contribution in [2.24, 2.45) is 0 Å². The Bertz CT molecular complexity index is 683. The Morgan fingerprint density at radius 3 is 1.44 bits per heavy atom. The molecule has 1 aliphatic rings. The van der Waals surface area contributed by atoms with Crippen LogP contribution in [0.3, 0.4) is 0 Å². The van der Waals surface area contributed by atoms with Gasteiger partial charge in [-0.25, -0.2) is 0 Å². The van der Waals surface area contributed by atoms with E-state index in [1.807, 2.05) is 47.6 Å². The second kappa shape index (κ2) is 11.8. The van der Waals surface area contributed by atoms with Gasteiger partial charge in [-0.2, -0.15) is 0 Å². The second-order valence-corrected chi connectivity index (χ2v) is 10.5. The number of hydrogen-bond acceptors (Lipinski definition) is 7. The van der Waals surface area contributed by atoms with Crippen molar-refractivity contribution in [1.82, 2.24) is 14.7 Å². The highest BCUT2D eigenvalue weighted by atomic mass is 16.6. The molecule has 32 heavy (non-hydrogen) atoms. The molecule has 7 heteroatoms. The lowest BCUT2D eigenvalue weighted by Gasteiger charge is -2.27. The van der Waals surface area contributed by atoms with Gasteiger partial charge in [-0.3, -0.25) is 24.3 Å². The zero-order valence-electron chi connectivity index (χ0n) is 20.7. The molecule has 0 amide bonds. The molecule has 0 radical (unpaired) electrons. The first-order valence-corrected chi connectivity index (χ1v) is 11.5. The van der Waals surface area contributed by atoms with Crippen LogP contribution in [-0.2, 0) is 25.6 Å². The van der Waals surface area contributed by atoms with E-state index in [0.717, 1.165) is 32.7 Å². The molecule has 180 valence electrons. The third-order valence-electron chi connectivity index (χ3n) is 4.99. The molecule has 1 aromatic carbocycles. The van der Waals surface area contributed by atoms with Crippen LogP contribution >= 0.6 is 0 Å². The van der Waals surface area contributed by atoms with Gasteiger partial charge in [0.05, 0.1) is 13.1 Å². The maximum absolute atomic E-state index is 12.4. The molecule has 0 unspecified atom stereocenters. The first-order chi connectivity index (χ1) is 14.9. The molecule has 0 saturated carbocycles. The lowest BCUT2D eigenvalue weighted by Crippen LogP contribution is -2.42. The highest BCUT2D eigenvalue weighted by Gasteiger charge is 2.24. The fourth-order valence-corrected chi connectivity index (χ4v) is 3.61. The lowest BCUT2D eigenvalue weighted by atomic mass is 10.2. The largest absolute Gasteiger partial charge is 0.459 e. The molecular weight excluding hydrogens is 406 g/mol. The first kappa shape index (κ1) is 26.3. The standard InChI is InChI=1S/C25H41N3O4/c1-24(2,3)31-22(29)19-27-14-12-26(18-21-10-8-7-9-11-21)13-15-28(17-16-27)20-23(30)32-25(4,5)6/h7-11H,12-20H2,1-6H3. The average Bonchev–Trinajstić information content (AvgIpc) is 2.72. The SMILES string of the molecule is CC(C)(C)OC(=O)CN1CCN(CC(=O)OC(C)(C)C)CCN(Cc2ccccc2)CC1. The van der Waals surface area contributed by atoms with Gasteiger partial charge >= 0.3 is 11.9 Å². The van der Waals surface area contributed by atoms with Gasteiger partial charge in [-0.15, -0.1) is 0 Å². The van der Waals surface area contributed by atoms with Crippen LogP contribution < -0.4 is 0 Å². The van der Waals surface area contributed by atoms with Crippen LogP contribution in [0.1, 0.15) is 47.1 Å². The van der Waals surface area contributed by atoms with Crippen LogP contribution in [0.15, 0.2) is 30.3 Å². The predicted octanol–water partition coefficient (Wildman–Crippen LogP) is 2.79. The molecule has 0 aromatic heterocycles. The summed E-state index contributed by atoms with van der Waals surface area (Å²) in [6.45, 7) is 17.2. The second-order valence-electron chi connectivity index (χ2n) is 10.5. The van der Waals surface area contributed by atoms with Crippen molar-refractivity contribution < 1.29 is 19.1 Å². The molecule has 7 nitrogen and oxygen atoms in total. The van der Waals surface area contributed by atoms with Crippen LogP contribution in [0.2, 0.25) is 0 Å². The summed E-state index contributed by atoms with van der Waals surface area (Å²) >= 11 is 0. The van der Waals surface area contributed by atoms with Crippen LogP contribution in [0.5, 0.6) is 0 Å². The summed E-state index contributed by atoms with van der Waals surface area (Å²) in [7, 11) is 0. The highest BCUT2D eigenvalue weighted by molar-refractivity contribution is 5.72. The molecular formula is C25H41N3O4. The van der Waals surface area contributed by atoms with E-state index in [9.17, 15) is 9.59 Å². The van der Waals surface area contributed by atoms with Crippen LogP contribution in [0, 0.1) is 0 Å². The molecule has 0 N–H and O–H groups in total. The van der Waals surface area contributed by atoms with E-state index in [0.29, 0.717) is 13.1 Å². The third-order valence-corrected chi connectivity index (χ3v) is 4.99. The van der Waals surface area contributed by atoms with E-state index in [1.54, 1.807) is 0 Å². The molecule has 0 spiro atoms. The van der Waals surface area contributed by atoms with E-state index in [4.69, 9.17) is 9.47 Å². The molecule has 1 aliphatic heterocycles. The summed E-state index contributed by atoms with van der Waals surface area (Å²) in [5.41, 5.74) is 0.251. The van der Waals surface area contributed by atoms with E-state index in [-0.39, 0.29) is 25.0 Å². The summed E-state index contributed by atoms with van der Waals surface area (Å²) in [6, 6.07) is 10.4. The van der Waals surface area contributed by atoms with Gasteiger partial charge in [0, 0.05) is 45.8 Å². The number of benzene rings is 1. The lowest BCUT2D eigenvalue weighted by molar-refractivity contribution is -0.158. The average molecular weight is 448 g/mol. The Labute approximate surface area is 193 Å². The number of rotatable bonds is 6.